The Labute approximate surface area is 161 Å². The molecule has 8 heteroatoms. The number of anilines is 1. The van der Waals surface area contributed by atoms with Gasteiger partial charge in [-0.2, -0.15) is 0 Å². The topological polar surface area (TPSA) is 111 Å². The number of rotatable bonds is 8. The standard InChI is InChI=1S/C20H20N2O6/c1-27-20(26)15-7-9-16(10-8-15)22-18(24)13-28-19(25)12-21-17(23)11-14-5-3-2-4-6-14/h2-10H,11-13H2,1H3,(H,21,23)(H,22,24). The molecule has 0 saturated carbocycles. The van der Waals surface area contributed by atoms with Crippen LogP contribution in [0.1, 0.15) is 15.9 Å². The van der Waals surface area contributed by atoms with E-state index in [4.69, 9.17) is 4.74 Å². The van der Waals surface area contributed by atoms with Crippen molar-refractivity contribution in [3.63, 3.8) is 0 Å². The molecule has 0 aromatic heterocycles. The SMILES string of the molecule is COC(=O)c1ccc(NC(=O)COC(=O)CNC(=O)Cc2ccccc2)cc1. The zero-order chi connectivity index (χ0) is 20.4. The largest absolute Gasteiger partial charge is 0.465 e. The first-order valence-corrected chi connectivity index (χ1v) is 8.42. The van der Waals surface area contributed by atoms with Crippen LogP contribution >= 0.6 is 0 Å². The average Bonchev–Trinajstić information content (AvgIpc) is 2.71. The number of amides is 2. The number of benzene rings is 2. The molecule has 0 atom stereocenters. The first kappa shape index (κ1) is 20.6. The molecule has 0 radical (unpaired) electrons. The first-order valence-electron chi connectivity index (χ1n) is 8.42. The van der Waals surface area contributed by atoms with E-state index in [2.05, 4.69) is 15.4 Å². The van der Waals surface area contributed by atoms with Gasteiger partial charge in [0, 0.05) is 5.69 Å². The minimum atomic E-state index is -0.724. The van der Waals surface area contributed by atoms with Gasteiger partial charge in [0.15, 0.2) is 6.61 Å². The van der Waals surface area contributed by atoms with Crippen molar-refractivity contribution >= 4 is 29.4 Å². The highest BCUT2D eigenvalue weighted by Crippen LogP contribution is 2.10. The lowest BCUT2D eigenvalue weighted by atomic mass is 10.1. The van der Waals surface area contributed by atoms with Crippen molar-refractivity contribution < 1.29 is 28.7 Å². The lowest BCUT2D eigenvalue weighted by molar-refractivity contribution is -0.147. The number of ether oxygens (including phenoxy) is 2. The molecule has 0 heterocycles. The van der Waals surface area contributed by atoms with Crippen molar-refractivity contribution in [3.05, 3.63) is 65.7 Å². The van der Waals surface area contributed by atoms with Gasteiger partial charge >= 0.3 is 11.9 Å². The number of carbonyl (C=O) groups excluding carboxylic acids is 4. The van der Waals surface area contributed by atoms with E-state index in [-0.39, 0.29) is 18.9 Å². The Bertz CT molecular complexity index is 834. The number of methoxy groups -OCH3 is 1. The summed E-state index contributed by atoms with van der Waals surface area (Å²) in [6.07, 6.45) is 0.149. The molecule has 146 valence electrons. The van der Waals surface area contributed by atoms with Gasteiger partial charge in [-0.3, -0.25) is 14.4 Å². The molecule has 2 rings (SSSR count). The van der Waals surface area contributed by atoms with Crippen molar-refractivity contribution in [2.75, 3.05) is 25.6 Å². The molecule has 2 aromatic carbocycles. The molecular formula is C20H20N2O6. The van der Waals surface area contributed by atoms with Crippen LogP contribution in [-0.2, 0) is 30.3 Å². The molecule has 0 aliphatic heterocycles. The second kappa shape index (κ2) is 10.5. The van der Waals surface area contributed by atoms with E-state index in [9.17, 15) is 19.2 Å². The van der Waals surface area contributed by atoms with Gasteiger partial charge < -0.3 is 20.1 Å². The van der Waals surface area contributed by atoms with E-state index in [1.54, 1.807) is 12.1 Å². The van der Waals surface area contributed by atoms with E-state index in [0.29, 0.717) is 11.3 Å². The van der Waals surface area contributed by atoms with Gasteiger partial charge in [-0.1, -0.05) is 30.3 Å². The Morgan fingerprint density at radius 3 is 2.21 bits per heavy atom. The molecular weight excluding hydrogens is 364 g/mol. The normalized spacial score (nSPS) is 9.89. The lowest BCUT2D eigenvalue weighted by Gasteiger charge is -2.08. The summed E-state index contributed by atoms with van der Waals surface area (Å²) in [6.45, 7) is -0.821. The number of esters is 2. The van der Waals surface area contributed by atoms with Crippen molar-refractivity contribution in [3.8, 4) is 0 Å². The summed E-state index contributed by atoms with van der Waals surface area (Å²) in [5.74, 6) is -2.08. The smallest absolute Gasteiger partial charge is 0.337 e. The molecule has 0 spiro atoms. The highest BCUT2D eigenvalue weighted by atomic mass is 16.5. The Balaban J connectivity index is 1.68. The van der Waals surface area contributed by atoms with Crippen LogP contribution in [0.4, 0.5) is 5.69 Å². The van der Waals surface area contributed by atoms with E-state index in [1.165, 1.54) is 31.4 Å². The van der Waals surface area contributed by atoms with Gasteiger partial charge in [-0.25, -0.2) is 4.79 Å². The molecule has 0 unspecified atom stereocenters. The Hall–Kier alpha value is -3.68. The highest BCUT2D eigenvalue weighted by molar-refractivity contribution is 5.94. The summed E-state index contributed by atoms with van der Waals surface area (Å²) in [6, 6.07) is 15.1. The van der Waals surface area contributed by atoms with Crippen molar-refractivity contribution in [1.29, 1.82) is 0 Å². The molecule has 2 amide bonds. The van der Waals surface area contributed by atoms with Crippen LogP contribution in [-0.4, -0.2) is 44.0 Å². The van der Waals surface area contributed by atoms with Gasteiger partial charge in [0.1, 0.15) is 6.54 Å². The molecule has 2 N–H and O–H groups in total. The first-order chi connectivity index (χ1) is 13.5. The molecule has 2 aromatic rings. The molecule has 0 saturated heterocycles. The van der Waals surface area contributed by atoms with Crippen LogP contribution in [0, 0.1) is 0 Å². The minimum Gasteiger partial charge on any atom is -0.465 e. The third kappa shape index (κ3) is 6.91. The van der Waals surface area contributed by atoms with Gasteiger partial charge in [-0.15, -0.1) is 0 Å². The molecule has 0 bridgehead atoms. The van der Waals surface area contributed by atoms with Gasteiger partial charge in [0.2, 0.25) is 5.91 Å². The fraction of sp³-hybridized carbons (Fsp3) is 0.200. The zero-order valence-electron chi connectivity index (χ0n) is 15.3. The third-order valence-corrected chi connectivity index (χ3v) is 3.59. The monoisotopic (exact) mass is 384 g/mol. The predicted octanol–water partition coefficient (Wildman–Crippen LogP) is 1.31. The molecule has 0 fully saturated rings. The number of hydrogen-bond acceptors (Lipinski definition) is 6. The van der Waals surface area contributed by atoms with Crippen LogP contribution in [0.5, 0.6) is 0 Å². The highest BCUT2D eigenvalue weighted by Gasteiger charge is 2.11. The summed E-state index contributed by atoms with van der Waals surface area (Å²) >= 11 is 0. The Morgan fingerprint density at radius 1 is 0.893 bits per heavy atom. The molecule has 0 aliphatic rings. The van der Waals surface area contributed by atoms with Gasteiger partial charge in [0.05, 0.1) is 19.1 Å². The van der Waals surface area contributed by atoms with Crippen LogP contribution < -0.4 is 10.6 Å². The summed E-state index contributed by atoms with van der Waals surface area (Å²) < 4.78 is 9.40. The third-order valence-electron chi connectivity index (χ3n) is 3.59. The van der Waals surface area contributed by atoms with Crippen LogP contribution in [0.2, 0.25) is 0 Å². The summed E-state index contributed by atoms with van der Waals surface area (Å²) in [5, 5.41) is 4.96. The fourth-order valence-electron chi connectivity index (χ4n) is 2.22. The zero-order valence-corrected chi connectivity index (χ0v) is 15.3. The Morgan fingerprint density at radius 2 is 1.57 bits per heavy atom. The van der Waals surface area contributed by atoms with E-state index < -0.39 is 24.5 Å². The minimum absolute atomic E-state index is 0.149. The maximum atomic E-state index is 11.8. The van der Waals surface area contributed by atoms with Crippen LogP contribution in [0.3, 0.4) is 0 Å². The van der Waals surface area contributed by atoms with Crippen molar-refractivity contribution in [2.24, 2.45) is 0 Å². The fourth-order valence-corrected chi connectivity index (χ4v) is 2.22. The maximum Gasteiger partial charge on any atom is 0.337 e. The average molecular weight is 384 g/mol. The molecule has 28 heavy (non-hydrogen) atoms. The summed E-state index contributed by atoms with van der Waals surface area (Å²) in [5.41, 5.74) is 1.61. The maximum absolute atomic E-state index is 11.8. The van der Waals surface area contributed by atoms with Crippen molar-refractivity contribution in [2.45, 2.75) is 6.42 Å². The van der Waals surface area contributed by atoms with E-state index >= 15 is 0 Å². The Kier molecular flexibility index (Phi) is 7.71. The second-order valence-electron chi connectivity index (χ2n) is 5.72. The summed E-state index contributed by atoms with van der Waals surface area (Å²) in [4.78, 5) is 46.5. The van der Waals surface area contributed by atoms with E-state index in [0.717, 1.165) is 5.56 Å². The summed E-state index contributed by atoms with van der Waals surface area (Å²) in [7, 11) is 1.27. The van der Waals surface area contributed by atoms with Gasteiger partial charge in [0.25, 0.3) is 5.91 Å². The van der Waals surface area contributed by atoms with Crippen LogP contribution in [0.15, 0.2) is 54.6 Å². The number of nitrogens with one attached hydrogen (secondary N) is 2. The quantitative estimate of drug-likeness (QED) is 0.664. The number of carbonyl (C=O) groups is 4. The van der Waals surface area contributed by atoms with Crippen molar-refractivity contribution in [1.82, 2.24) is 5.32 Å². The molecule has 8 nitrogen and oxygen atoms in total. The predicted molar refractivity (Wildman–Crippen MR) is 101 cm³/mol. The number of hydrogen-bond donors (Lipinski definition) is 2. The molecule has 0 aliphatic carbocycles. The second-order valence-corrected chi connectivity index (χ2v) is 5.72. The lowest BCUT2D eigenvalue weighted by Crippen LogP contribution is -2.33. The van der Waals surface area contributed by atoms with Gasteiger partial charge in [-0.05, 0) is 29.8 Å². The van der Waals surface area contributed by atoms with E-state index in [1.807, 2.05) is 18.2 Å². The van der Waals surface area contributed by atoms with Crippen LogP contribution in [0.25, 0.3) is 0 Å².